The SMILES string of the molecule is Cc1ccc2n1CCN(Cc1cnc3c(-c4ccccc4)cnn3c1)[C@@H]2C. The lowest BCUT2D eigenvalue weighted by Gasteiger charge is -2.35. The molecule has 5 nitrogen and oxygen atoms in total. The molecule has 0 spiro atoms. The maximum atomic E-state index is 4.73. The number of fused-ring (bicyclic) bond motifs is 2. The molecule has 0 saturated carbocycles. The van der Waals surface area contributed by atoms with Crippen LogP contribution in [0.25, 0.3) is 16.8 Å². The third-order valence-electron chi connectivity index (χ3n) is 5.70. The summed E-state index contributed by atoms with van der Waals surface area (Å²) in [5.74, 6) is 0. The second-order valence-electron chi connectivity index (χ2n) is 7.35. The topological polar surface area (TPSA) is 38.4 Å². The van der Waals surface area contributed by atoms with Gasteiger partial charge in [0.25, 0.3) is 0 Å². The van der Waals surface area contributed by atoms with Crippen LogP contribution in [0.2, 0.25) is 0 Å². The summed E-state index contributed by atoms with van der Waals surface area (Å²) < 4.78 is 4.33. The molecule has 0 unspecified atom stereocenters. The molecule has 0 N–H and O–H groups in total. The van der Waals surface area contributed by atoms with Crippen LogP contribution in [0.5, 0.6) is 0 Å². The van der Waals surface area contributed by atoms with Gasteiger partial charge in [0.2, 0.25) is 0 Å². The van der Waals surface area contributed by atoms with Gasteiger partial charge in [-0.3, -0.25) is 4.90 Å². The third-order valence-corrected chi connectivity index (χ3v) is 5.70. The monoisotopic (exact) mass is 357 g/mol. The Labute approximate surface area is 158 Å². The predicted molar refractivity (Wildman–Crippen MR) is 106 cm³/mol. The minimum absolute atomic E-state index is 0.403. The van der Waals surface area contributed by atoms with Gasteiger partial charge in [-0.25, -0.2) is 9.50 Å². The van der Waals surface area contributed by atoms with E-state index in [-0.39, 0.29) is 0 Å². The Morgan fingerprint density at radius 3 is 2.74 bits per heavy atom. The molecular weight excluding hydrogens is 334 g/mol. The van der Waals surface area contributed by atoms with Crippen molar-refractivity contribution in [2.75, 3.05) is 6.54 Å². The third kappa shape index (κ3) is 2.75. The Kier molecular flexibility index (Phi) is 3.83. The zero-order valence-corrected chi connectivity index (χ0v) is 15.7. The van der Waals surface area contributed by atoms with Crippen LogP contribution < -0.4 is 0 Å². The van der Waals surface area contributed by atoms with Crippen molar-refractivity contribution in [1.29, 1.82) is 0 Å². The van der Waals surface area contributed by atoms with Gasteiger partial charge in [0.05, 0.1) is 6.20 Å². The first-order chi connectivity index (χ1) is 13.2. The summed E-state index contributed by atoms with van der Waals surface area (Å²) in [6.45, 7) is 7.46. The van der Waals surface area contributed by atoms with Crippen molar-refractivity contribution in [3.63, 3.8) is 0 Å². The molecule has 5 heteroatoms. The molecule has 0 aliphatic carbocycles. The number of hydrogen-bond acceptors (Lipinski definition) is 3. The summed E-state index contributed by atoms with van der Waals surface area (Å²) in [5, 5.41) is 4.54. The summed E-state index contributed by atoms with van der Waals surface area (Å²) in [6.07, 6.45) is 6.01. The lowest BCUT2D eigenvalue weighted by molar-refractivity contribution is 0.159. The number of aromatic nitrogens is 4. The van der Waals surface area contributed by atoms with Crippen LogP contribution in [0.15, 0.2) is 61.1 Å². The van der Waals surface area contributed by atoms with E-state index in [4.69, 9.17) is 4.98 Å². The van der Waals surface area contributed by atoms with Crippen molar-refractivity contribution >= 4 is 5.65 Å². The first-order valence-electron chi connectivity index (χ1n) is 9.48. The van der Waals surface area contributed by atoms with Crippen molar-refractivity contribution < 1.29 is 0 Å². The zero-order valence-electron chi connectivity index (χ0n) is 15.7. The fourth-order valence-electron chi connectivity index (χ4n) is 4.14. The molecule has 27 heavy (non-hydrogen) atoms. The van der Waals surface area contributed by atoms with Crippen LogP contribution in [0.4, 0.5) is 0 Å². The molecule has 136 valence electrons. The average molecular weight is 357 g/mol. The second kappa shape index (κ2) is 6.35. The van der Waals surface area contributed by atoms with E-state index >= 15 is 0 Å². The number of rotatable bonds is 3. The van der Waals surface area contributed by atoms with Crippen LogP contribution in [0.3, 0.4) is 0 Å². The van der Waals surface area contributed by atoms with Gasteiger partial charge < -0.3 is 4.57 Å². The molecular formula is C22H23N5. The van der Waals surface area contributed by atoms with E-state index in [0.29, 0.717) is 6.04 Å². The lowest BCUT2D eigenvalue weighted by Crippen LogP contribution is -2.36. The molecule has 0 radical (unpaired) electrons. The highest BCUT2D eigenvalue weighted by Crippen LogP contribution is 2.29. The van der Waals surface area contributed by atoms with Crippen LogP contribution in [0, 0.1) is 6.92 Å². The van der Waals surface area contributed by atoms with Crippen molar-refractivity contribution in [1.82, 2.24) is 24.1 Å². The Bertz CT molecular complexity index is 1090. The predicted octanol–water partition coefficient (Wildman–Crippen LogP) is 4.08. The quantitative estimate of drug-likeness (QED) is 0.554. The molecule has 1 atom stereocenters. The van der Waals surface area contributed by atoms with Crippen LogP contribution in [0.1, 0.15) is 29.9 Å². The van der Waals surface area contributed by atoms with Gasteiger partial charge in [0.15, 0.2) is 5.65 Å². The molecule has 5 rings (SSSR count). The Morgan fingerprint density at radius 1 is 1.04 bits per heavy atom. The highest BCUT2D eigenvalue weighted by Gasteiger charge is 2.24. The summed E-state index contributed by atoms with van der Waals surface area (Å²) in [6, 6.07) is 15.2. The molecule has 0 saturated heterocycles. The molecule has 0 fully saturated rings. The Hall–Kier alpha value is -2.92. The van der Waals surface area contributed by atoms with E-state index in [9.17, 15) is 0 Å². The molecule has 0 bridgehead atoms. The van der Waals surface area contributed by atoms with E-state index in [2.05, 4.69) is 58.9 Å². The number of nitrogens with zero attached hydrogens (tertiary/aromatic N) is 5. The van der Waals surface area contributed by atoms with Crippen molar-refractivity contribution in [2.45, 2.75) is 33.0 Å². The first kappa shape index (κ1) is 16.3. The standard InChI is InChI=1S/C22H23N5/c1-16-8-9-21-17(2)25(10-11-26(16)21)14-18-12-23-22-20(13-24-27(22)15-18)19-6-4-3-5-7-19/h3-9,12-13,15,17H,10-11,14H2,1-2H3/t17-/m1/s1. The molecule has 3 aromatic heterocycles. The molecule has 4 heterocycles. The van der Waals surface area contributed by atoms with Gasteiger partial charge in [0, 0.05) is 60.6 Å². The smallest absolute Gasteiger partial charge is 0.162 e. The van der Waals surface area contributed by atoms with Crippen molar-refractivity contribution in [3.8, 4) is 11.1 Å². The van der Waals surface area contributed by atoms with E-state index in [1.54, 1.807) is 0 Å². The zero-order chi connectivity index (χ0) is 18.4. The van der Waals surface area contributed by atoms with Gasteiger partial charge in [-0.15, -0.1) is 0 Å². The maximum Gasteiger partial charge on any atom is 0.162 e. The maximum absolute atomic E-state index is 4.73. The second-order valence-corrected chi connectivity index (χ2v) is 7.35. The molecule has 1 aliphatic heterocycles. The Balaban J connectivity index is 1.42. The molecule has 4 aromatic rings. The van der Waals surface area contributed by atoms with Gasteiger partial charge >= 0.3 is 0 Å². The minimum Gasteiger partial charge on any atom is -0.346 e. The van der Waals surface area contributed by atoms with Gasteiger partial charge in [-0.05, 0) is 31.5 Å². The van der Waals surface area contributed by atoms with Gasteiger partial charge in [-0.2, -0.15) is 5.10 Å². The summed E-state index contributed by atoms with van der Waals surface area (Å²) in [5.41, 5.74) is 7.06. The highest BCUT2D eigenvalue weighted by atomic mass is 15.3. The molecule has 1 aliphatic rings. The summed E-state index contributed by atoms with van der Waals surface area (Å²) in [7, 11) is 0. The summed E-state index contributed by atoms with van der Waals surface area (Å²) in [4.78, 5) is 7.24. The molecule has 0 amide bonds. The lowest BCUT2D eigenvalue weighted by atomic mass is 10.1. The van der Waals surface area contributed by atoms with Crippen LogP contribution in [-0.2, 0) is 13.1 Å². The van der Waals surface area contributed by atoms with E-state index in [0.717, 1.165) is 36.4 Å². The van der Waals surface area contributed by atoms with E-state index in [1.807, 2.05) is 35.1 Å². The fourth-order valence-corrected chi connectivity index (χ4v) is 4.14. The summed E-state index contributed by atoms with van der Waals surface area (Å²) >= 11 is 0. The minimum atomic E-state index is 0.403. The average Bonchev–Trinajstić information content (AvgIpc) is 3.28. The number of benzene rings is 1. The van der Waals surface area contributed by atoms with Crippen LogP contribution in [-0.4, -0.2) is 30.6 Å². The van der Waals surface area contributed by atoms with Crippen LogP contribution >= 0.6 is 0 Å². The first-order valence-corrected chi connectivity index (χ1v) is 9.48. The van der Waals surface area contributed by atoms with Crippen molar-refractivity contribution in [2.24, 2.45) is 0 Å². The molecule has 1 aromatic carbocycles. The Morgan fingerprint density at radius 2 is 1.89 bits per heavy atom. The largest absolute Gasteiger partial charge is 0.346 e. The highest BCUT2D eigenvalue weighted by molar-refractivity contribution is 5.76. The number of aryl methyl sites for hydroxylation is 1. The van der Waals surface area contributed by atoms with E-state index < -0.39 is 0 Å². The van der Waals surface area contributed by atoms with Crippen molar-refractivity contribution in [3.05, 3.63) is 78.0 Å². The van der Waals surface area contributed by atoms with Gasteiger partial charge in [-0.1, -0.05) is 30.3 Å². The van der Waals surface area contributed by atoms with E-state index in [1.165, 1.54) is 17.0 Å². The fraction of sp³-hybridized carbons (Fsp3) is 0.273. The van der Waals surface area contributed by atoms with Gasteiger partial charge in [0.1, 0.15) is 0 Å². The number of hydrogen-bond donors (Lipinski definition) is 0. The normalized spacial score (nSPS) is 17.3.